The van der Waals surface area contributed by atoms with Crippen LogP contribution in [-0.4, -0.2) is 52.7 Å². The minimum absolute atomic E-state index is 0. The minimum Gasteiger partial charge on any atom is -1.00 e. The molecule has 2 amide bonds. The highest BCUT2D eigenvalue weighted by atomic mass is 35.5. The van der Waals surface area contributed by atoms with E-state index in [0.717, 1.165) is 12.5 Å². The quantitative estimate of drug-likeness (QED) is 0.0688. The van der Waals surface area contributed by atoms with Crippen molar-refractivity contribution in [2.75, 3.05) is 12.5 Å². The molecule has 0 atom stereocenters. The molecule has 4 rings (SSSR count). The highest BCUT2D eigenvalue weighted by molar-refractivity contribution is 7.88. The number of nitrogens with one attached hydrogen (secondary N) is 4. The third-order valence-corrected chi connectivity index (χ3v) is 7.95. The summed E-state index contributed by atoms with van der Waals surface area (Å²) < 4.78 is 46.9. The van der Waals surface area contributed by atoms with Gasteiger partial charge >= 0.3 is 0 Å². The molecule has 0 saturated carbocycles. The van der Waals surface area contributed by atoms with Crippen LogP contribution in [-0.2, 0) is 33.1 Å². The van der Waals surface area contributed by atoms with Crippen molar-refractivity contribution in [2.24, 2.45) is 0 Å². The molecule has 14 nitrogen and oxygen atoms in total. The summed E-state index contributed by atoms with van der Waals surface area (Å²) in [6.45, 7) is 0.197. The summed E-state index contributed by atoms with van der Waals surface area (Å²) in [6, 6.07) is 13.3. The lowest BCUT2D eigenvalue weighted by atomic mass is 10.2. The van der Waals surface area contributed by atoms with Crippen molar-refractivity contribution in [1.82, 2.24) is 20.5 Å². The van der Waals surface area contributed by atoms with E-state index in [1.54, 1.807) is 57.9 Å². The van der Waals surface area contributed by atoms with Crippen molar-refractivity contribution in [3.63, 3.8) is 0 Å². The lowest BCUT2D eigenvalue weighted by molar-refractivity contribution is -0.683. The summed E-state index contributed by atoms with van der Waals surface area (Å²) >= 11 is 2.71. The Kier molecular flexibility index (Phi) is 14.1. The van der Waals surface area contributed by atoms with E-state index in [-0.39, 0.29) is 48.2 Å². The fourth-order valence-corrected chi connectivity index (χ4v) is 5.16. The van der Waals surface area contributed by atoms with Crippen molar-refractivity contribution in [1.29, 1.82) is 0 Å². The molecule has 0 aliphatic carbocycles. The van der Waals surface area contributed by atoms with Crippen LogP contribution in [0.2, 0.25) is 0 Å². The molecule has 0 saturated heterocycles. The third kappa shape index (κ3) is 13.3. The molecule has 0 aliphatic heterocycles. The Hall–Kier alpha value is -3.91. The zero-order valence-corrected chi connectivity index (χ0v) is 27.7. The number of thiophene rings is 2. The van der Waals surface area contributed by atoms with Crippen molar-refractivity contribution in [3.05, 3.63) is 105 Å². The number of amides is 2. The van der Waals surface area contributed by atoms with Gasteiger partial charge in [-0.25, -0.2) is 16.8 Å². The lowest BCUT2D eigenvalue weighted by Gasteiger charge is -2.04. The Morgan fingerprint density at radius 2 is 1.02 bits per heavy atom. The van der Waals surface area contributed by atoms with E-state index in [1.165, 1.54) is 47.2 Å². The highest BCUT2D eigenvalue weighted by Gasteiger charge is 2.18. The van der Waals surface area contributed by atoms with Gasteiger partial charge in [0.15, 0.2) is 24.8 Å². The maximum atomic E-state index is 12.0. The van der Waals surface area contributed by atoms with Crippen molar-refractivity contribution < 1.29 is 57.6 Å². The van der Waals surface area contributed by atoms with Crippen LogP contribution in [0.3, 0.4) is 0 Å². The van der Waals surface area contributed by atoms with Gasteiger partial charge in [0.2, 0.25) is 44.7 Å². The summed E-state index contributed by atoms with van der Waals surface area (Å²) in [5, 5.41) is 3.64. The van der Waals surface area contributed by atoms with Crippen LogP contribution in [0, 0.1) is 0 Å². The van der Waals surface area contributed by atoms with Crippen molar-refractivity contribution >= 4 is 66.1 Å². The second-order valence-corrected chi connectivity index (χ2v) is 14.4. The molecule has 4 N–H and O–H groups in total. The number of rotatable bonds is 12. The first-order valence-electron chi connectivity index (χ1n) is 12.4. The summed E-state index contributed by atoms with van der Waals surface area (Å²) in [5.74, 6) is -1.34. The van der Waals surface area contributed by atoms with Gasteiger partial charge in [-0.05, 0) is 35.0 Å². The van der Waals surface area contributed by atoms with E-state index in [1.807, 2.05) is 20.4 Å². The van der Waals surface area contributed by atoms with Gasteiger partial charge in [0.05, 0.1) is 22.3 Å². The van der Waals surface area contributed by atoms with Crippen LogP contribution in [0.5, 0.6) is 0 Å². The van der Waals surface area contributed by atoms with Crippen LogP contribution >= 0.6 is 22.7 Å². The van der Waals surface area contributed by atoms with Gasteiger partial charge in [0.25, 0.3) is 11.8 Å². The number of aromatic nitrogens is 2. The van der Waals surface area contributed by atoms with E-state index >= 15 is 0 Å². The van der Waals surface area contributed by atoms with Crippen LogP contribution < -0.4 is 42.1 Å². The topological polar surface area (TPSA) is 192 Å². The molecular formula is C26H28ClN6O8S4+. The van der Waals surface area contributed by atoms with Gasteiger partial charge in [-0.15, -0.1) is 32.3 Å². The summed E-state index contributed by atoms with van der Waals surface area (Å²) in [6.07, 6.45) is 8.13. The van der Waals surface area contributed by atoms with Gasteiger partial charge in [-0.3, -0.25) is 30.0 Å². The normalized spacial score (nSPS) is 10.9. The molecule has 4 heterocycles. The van der Waals surface area contributed by atoms with Crippen LogP contribution in [0.1, 0.15) is 40.1 Å². The van der Waals surface area contributed by atoms with Crippen LogP contribution in [0.15, 0.2) is 84.1 Å². The number of pyridine rings is 2. The van der Waals surface area contributed by atoms with E-state index < -0.39 is 31.9 Å². The second kappa shape index (κ2) is 17.0. The van der Waals surface area contributed by atoms with Crippen molar-refractivity contribution in [2.45, 2.75) is 13.1 Å². The predicted molar refractivity (Wildman–Crippen MR) is 161 cm³/mol. The molecule has 19 heteroatoms. The van der Waals surface area contributed by atoms with Gasteiger partial charge < -0.3 is 12.4 Å². The molecule has 45 heavy (non-hydrogen) atoms. The molecule has 4 aromatic heterocycles. The summed E-state index contributed by atoms with van der Waals surface area (Å²) in [4.78, 5) is 52.8. The molecule has 0 aliphatic rings. The van der Waals surface area contributed by atoms with Gasteiger partial charge in [-0.1, -0.05) is 12.1 Å². The van der Waals surface area contributed by atoms with E-state index in [4.69, 9.17) is 0 Å². The summed E-state index contributed by atoms with van der Waals surface area (Å²) in [5.41, 5.74) is 4.62. The largest absolute Gasteiger partial charge is 1.00 e. The van der Waals surface area contributed by atoms with E-state index in [9.17, 15) is 36.0 Å². The third-order valence-electron chi connectivity index (χ3n) is 5.19. The first-order chi connectivity index (χ1) is 20.7. The minimum atomic E-state index is -3.53. The SMILES string of the molecule is CS(=O)(=O)NNC(=O)c1ccc[n+](CC(=O)c2cccs2)c1.CS(=O)(=O)NNC(=O)c1ccc[n+](CC(=O)c2cccs2)c1.[Cl-]. The molecule has 4 aromatic rings. The maximum absolute atomic E-state index is 12.0. The molecule has 0 bridgehead atoms. The first-order valence-corrected chi connectivity index (χ1v) is 17.9. The molecule has 0 unspecified atom stereocenters. The van der Waals surface area contributed by atoms with Crippen LogP contribution in [0.4, 0.5) is 0 Å². The number of hydrazine groups is 2. The number of hydrogen-bond donors (Lipinski definition) is 4. The van der Waals surface area contributed by atoms with E-state index in [0.29, 0.717) is 9.75 Å². The molecule has 0 radical (unpaired) electrons. The molecule has 0 spiro atoms. The van der Waals surface area contributed by atoms with Gasteiger partial charge in [0.1, 0.15) is 11.1 Å². The van der Waals surface area contributed by atoms with Gasteiger partial charge in [0, 0.05) is 12.1 Å². The van der Waals surface area contributed by atoms with Gasteiger partial charge in [-0.2, -0.15) is 9.13 Å². The number of nitrogens with zero attached hydrogens (tertiary/aromatic N) is 2. The molecule has 240 valence electrons. The average molecular weight is 716 g/mol. The maximum Gasteiger partial charge on any atom is 0.272 e. The molecular weight excluding hydrogens is 688 g/mol. The predicted octanol–water partition coefficient (Wildman–Crippen LogP) is -2.77. The number of carbonyl (C=O) groups excluding carboxylic acids is 4. The Morgan fingerprint density at radius 3 is 1.33 bits per heavy atom. The van der Waals surface area contributed by atoms with Crippen LogP contribution in [0.25, 0.3) is 0 Å². The van der Waals surface area contributed by atoms with E-state index in [2.05, 4.69) is 10.9 Å². The second-order valence-electron chi connectivity index (χ2n) is 8.99. The fraction of sp³-hybridized carbons (Fsp3) is 0.154. The number of halogens is 1. The zero-order chi connectivity index (χ0) is 32.3. The first kappa shape index (κ1) is 37.3. The average Bonchev–Trinajstić information content (AvgIpc) is 3.70. The smallest absolute Gasteiger partial charge is 0.272 e. The number of sulfonamides is 2. The Balaban J connectivity index is 0.000000307. The number of Topliss-reactive ketones (excluding diaryl/α,β-unsaturated/α-hetero) is 2. The number of ketones is 2. The number of hydrogen-bond acceptors (Lipinski definition) is 10. The monoisotopic (exact) mass is 715 g/mol. The zero-order valence-electron chi connectivity index (χ0n) is 23.7. The molecule has 0 fully saturated rings. The Bertz CT molecular complexity index is 1710. The number of carbonyl (C=O) groups is 4. The Morgan fingerprint density at radius 1 is 0.644 bits per heavy atom. The summed E-state index contributed by atoms with van der Waals surface area (Å²) in [7, 11) is -7.05. The lowest BCUT2D eigenvalue weighted by Crippen LogP contribution is -3.00. The fourth-order valence-electron chi connectivity index (χ4n) is 3.29. The standard InChI is InChI=1S/2C13H13N3O4S2.ClH/c2*1-22(19,20)15-14-13(18)10-4-2-6-16(8-10)9-11(17)12-5-3-7-21-12;/h2*2-8,15H,9H2,1H3;1H/p+1. The molecule has 0 aromatic carbocycles. The van der Waals surface area contributed by atoms with Crippen molar-refractivity contribution in [3.8, 4) is 0 Å². The highest BCUT2D eigenvalue weighted by Crippen LogP contribution is 2.10. The Labute approximate surface area is 273 Å².